The Kier molecular flexibility index (Phi) is 4.73. The summed E-state index contributed by atoms with van der Waals surface area (Å²) in [6, 6.07) is 8.24. The average Bonchev–Trinajstić information content (AvgIpc) is 2.91. The second-order valence-corrected chi connectivity index (χ2v) is 4.59. The van der Waals surface area contributed by atoms with Crippen LogP contribution >= 0.6 is 11.3 Å². The smallest absolute Gasteiger partial charge is 0.124 e. The van der Waals surface area contributed by atoms with Crippen LogP contribution in [0.15, 0.2) is 35.2 Å². The van der Waals surface area contributed by atoms with E-state index in [2.05, 4.69) is 28.7 Å². The van der Waals surface area contributed by atoms with Gasteiger partial charge in [0, 0.05) is 10.9 Å². The van der Waals surface area contributed by atoms with Crippen molar-refractivity contribution in [2.75, 3.05) is 13.2 Å². The van der Waals surface area contributed by atoms with Gasteiger partial charge in [0.05, 0.1) is 23.9 Å². The van der Waals surface area contributed by atoms with Crippen molar-refractivity contribution in [3.63, 3.8) is 0 Å². The largest absolute Gasteiger partial charge is 0.494 e. The van der Waals surface area contributed by atoms with Gasteiger partial charge in [0.1, 0.15) is 5.75 Å². The van der Waals surface area contributed by atoms with Gasteiger partial charge in [-0.15, -0.1) is 11.3 Å². The topological polar surface area (TPSA) is 34.2 Å². The van der Waals surface area contributed by atoms with Crippen LogP contribution in [0.2, 0.25) is 0 Å². The second-order valence-electron chi connectivity index (χ2n) is 3.87. The van der Waals surface area contributed by atoms with Crippen LogP contribution in [-0.4, -0.2) is 18.1 Å². The SMILES string of the molecule is CCNC(c1cscn1)c1ccccc1OCC. The molecule has 0 aliphatic rings. The Balaban J connectivity index is 2.36. The molecule has 1 aromatic carbocycles. The molecule has 1 atom stereocenters. The Morgan fingerprint density at radius 3 is 2.83 bits per heavy atom. The van der Waals surface area contributed by atoms with Crippen LogP contribution in [0.1, 0.15) is 31.1 Å². The van der Waals surface area contributed by atoms with E-state index in [4.69, 9.17) is 4.74 Å². The summed E-state index contributed by atoms with van der Waals surface area (Å²) < 4.78 is 5.70. The first kappa shape index (κ1) is 13.1. The van der Waals surface area contributed by atoms with E-state index >= 15 is 0 Å². The monoisotopic (exact) mass is 262 g/mol. The first-order valence-electron chi connectivity index (χ1n) is 6.20. The molecule has 3 nitrogen and oxygen atoms in total. The van der Waals surface area contributed by atoms with Gasteiger partial charge in [-0.3, -0.25) is 0 Å². The molecule has 96 valence electrons. The predicted octanol–water partition coefficient (Wildman–Crippen LogP) is 3.24. The molecule has 0 bridgehead atoms. The number of hydrogen-bond donors (Lipinski definition) is 1. The molecule has 0 spiro atoms. The maximum Gasteiger partial charge on any atom is 0.124 e. The second kappa shape index (κ2) is 6.52. The van der Waals surface area contributed by atoms with Gasteiger partial charge in [-0.25, -0.2) is 4.98 Å². The van der Waals surface area contributed by atoms with Gasteiger partial charge in [0.2, 0.25) is 0 Å². The van der Waals surface area contributed by atoms with Crippen LogP contribution in [-0.2, 0) is 0 Å². The fourth-order valence-electron chi connectivity index (χ4n) is 1.95. The van der Waals surface area contributed by atoms with Crippen molar-refractivity contribution >= 4 is 11.3 Å². The molecular formula is C14H18N2OS. The predicted molar refractivity (Wildman–Crippen MR) is 75.2 cm³/mol. The highest BCUT2D eigenvalue weighted by atomic mass is 32.1. The molecule has 2 rings (SSSR count). The Morgan fingerprint density at radius 1 is 1.33 bits per heavy atom. The normalized spacial score (nSPS) is 12.3. The number of thiazole rings is 1. The maximum absolute atomic E-state index is 5.70. The summed E-state index contributed by atoms with van der Waals surface area (Å²) in [5.41, 5.74) is 4.06. The van der Waals surface area contributed by atoms with E-state index in [0.29, 0.717) is 6.61 Å². The van der Waals surface area contributed by atoms with Gasteiger partial charge in [-0.05, 0) is 19.5 Å². The Labute approximate surface area is 112 Å². The van der Waals surface area contributed by atoms with Crippen LogP contribution in [0.25, 0.3) is 0 Å². The van der Waals surface area contributed by atoms with Crippen LogP contribution in [0, 0.1) is 0 Å². The van der Waals surface area contributed by atoms with E-state index < -0.39 is 0 Å². The summed E-state index contributed by atoms with van der Waals surface area (Å²) in [6.07, 6.45) is 0. The van der Waals surface area contributed by atoms with E-state index in [9.17, 15) is 0 Å². The lowest BCUT2D eigenvalue weighted by molar-refractivity contribution is 0.333. The summed E-state index contributed by atoms with van der Waals surface area (Å²) in [6.45, 7) is 5.67. The molecule has 0 radical (unpaired) electrons. The van der Waals surface area contributed by atoms with Crippen molar-refractivity contribution in [2.24, 2.45) is 0 Å². The molecule has 0 aliphatic carbocycles. The minimum Gasteiger partial charge on any atom is -0.494 e. The number of ether oxygens (including phenoxy) is 1. The quantitative estimate of drug-likeness (QED) is 0.867. The summed E-state index contributed by atoms with van der Waals surface area (Å²) in [4.78, 5) is 4.41. The minimum absolute atomic E-state index is 0.101. The van der Waals surface area contributed by atoms with Gasteiger partial charge in [0.25, 0.3) is 0 Å². The van der Waals surface area contributed by atoms with Crippen molar-refractivity contribution in [1.29, 1.82) is 0 Å². The van der Waals surface area contributed by atoms with E-state index in [-0.39, 0.29) is 6.04 Å². The molecular weight excluding hydrogens is 244 g/mol. The molecule has 0 aliphatic heterocycles. The standard InChI is InChI=1S/C14H18N2OS/c1-3-15-14(12-9-18-10-16-12)11-7-5-6-8-13(11)17-4-2/h5-10,14-15H,3-4H2,1-2H3. The summed E-state index contributed by atoms with van der Waals surface area (Å²) in [7, 11) is 0. The Morgan fingerprint density at radius 2 is 2.17 bits per heavy atom. The van der Waals surface area contributed by atoms with Crippen molar-refractivity contribution in [3.05, 3.63) is 46.4 Å². The first-order valence-corrected chi connectivity index (χ1v) is 7.14. The van der Waals surface area contributed by atoms with Crippen molar-refractivity contribution < 1.29 is 4.74 Å². The van der Waals surface area contributed by atoms with E-state index in [1.54, 1.807) is 11.3 Å². The molecule has 0 fully saturated rings. The van der Waals surface area contributed by atoms with Crippen molar-refractivity contribution in [2.45, 2.75) is 19.9 Å². The van der Waals surface area contributed by atoms with E-state index in [1.807, 2.05) is 30.6 Å². The summed E-state index contributed by atoms with van der Waals surface area (Å²) >= 11 is 1.62. The lowest BCUT2D eigenvalue weighted by Gasteiger charge is -2.19. The molecule has 1 aromatic heterocycles. The zero-order valence-electron chi connectivity index (χ0n) is 10.7. The number of nitrogens with one attached hydrogen (secondary N) is 1. The Hall–Kier alpha value is -1.39. The molecule has 1 N–H and O–H groups in total. The lowest BCUT2D eigenvalue weighted by atomic mass is 10.0. The molecule has 1 heterocycles. The highest BCUT2D eigenvalue weighted by Crippen LogP contribution is 2.29. The van der Waals surface area contributed by atoms with Gasteiger partial charge in [-0.1, -0.05) is 25.1 Å². The van der Waals surface area contributed by atoms with Crippen LogP contribution in [0.3, 0.4) is 0 Å². The number of hydrogen-bond acceptors (Lipinski definition) is 4. The third-order valence-electron chi connectivity index (χ3n) is 2.69. The van der Waals surface area contributed by atoms with Crippen LogP contribution in [0.4, 0.5) is 0 Å². The lowest BCUT2D eigenvalue weighted by Crippen LogP contribution is -2.23. The fourth-order valence-corrected chi connectivity index (χ4v) is 2.53. The average molecular weight is 262 g/mol. The fraction of sp³-hybridized carbons (Fsp3) is 0.357. The number of para-hydroxylation sites is 1. The molecule has 0 saturated heterocycles. The molecule has 4 heteroatoms. The van der Waals surface area contributed by atoms with Crippen LogP contribution < -0.4 is 10.1 Å². The summed E-state index contributed by atoms with van der Waals surface area (Å²) in [5, 5.41) is 5.54. The number of aromatic nitrogens is 1. The molecule has 2 aromatic rings. The van der Waals surface area contributed by atoms with Crippen LogP contribution in [0.5, 0.6) is 5.75 Å². The molecule has 1 unspecified atom stereocenters. The highest BCUT2D eigenvalue weighted by Gasteiger charge is 2.18. The highest BCUT2D eigenvalue weighted by molar-refractivity contribution is 7.07. The van der Waals surface area contributed by atoms with Gasteiger partial charge < -0.3 is 10.1 Å². The zero-order chi connectivity index (χ0) is 12.8. The van der Waals surface area contributed by atoms with Crippen molar-refractivity contribution in [1.82, 2.24) is 10.3 Å². The number of benzene rings is 1. The van der Waals surface area contributed by atoms with E-state index in [1.165, 1.54) is 0 Å². The first-order chi connectivity index (χ1) is 8.86. The zero-order valence-corrected chi connectivity index (χ0v) is 11.5. The third kappa shape index (κ3) is 2.89. The Bertz CT molecular complexity index is 470. The van der Waals surface area contributed by atoms with Gasteiger partial charge in [0.15, 0.2) is 0 Å². The van der Waals surface area contributed by atoms with Gasteiger partial charge in [-0.2, -0.15) is 0 Å². The molecule has 0 amide bonds. The summed E-state index contributed by atoms with van der Waals surface area (Å²) in [5.74, 6) is 0.930. The molecule has 0 saturated carbocycles. The third-order valence-corrected chi connectivity index (χ3v) is 3.29. The number of rotatable bonds is 6. The molecule has 18 heavy (non-hydrogen) atoms. The minimum atomic E-state index is 0.101. The maximum atomic E-state index is 5.70. The van der Waals surface area contributed by atoms with Crippen molar-refractivity contribution in [3.8, 4) is 5.75 Å². The van der Waals surface area contributed by atoms with E-state index in [0.717, 1.165) is 23.6 Å². The van der Waals surface area contributed by atoms with Gasteiger partial charge >= 0.3 is 0 Å². The number of nitrogens with zero attached hydrogens (tertiary/aromatic N) is 1.